The summed E-state index contributed by atoms with van der Waals surface area (Å²) in [4.78, 5) is 30.8. The maximum atomic E-state index is 12.7. The van der Waals surface area contributed by atoms with Crippen molar-refractivity contribution in [1.82, 2.24) is 9.88 Å². The zero-order chi connectivity index (χ0) is 19.2. The molecule has 6 heteroatoms. The van der Waals surface area contributed by atoms with E-state index in [9.17, 15) is 9.59 Å². The lowest BCUT2D eigenvalue weighted by molar-refractivity contribution is 0.0796. The second-order valence-corrected chi connectivity index (χ2v) is 6.26. The third-order valence-electron chi connectivity index (χ3n) is 4.25. The summed E-state index contributed by atoms with van der Waals surface area (Å²) in [6.45, 7) is 2.43. The van der Waals surface area contributed by atoms with Crippen LogP contribution in [0.15, 0.2) is 65.4 Å². The van der Waals surface area contributed by atoms with Crippen LogP contribution in [0.2, 0.25) is 0 Å². The van der Waals surface area contributed by atoms with Crippen LogP contribution in [0.4, 0.5) is 5.69 Å². The highest BCUT2D eigenvalue weighted by Crippen LogP contribution is 2.19. The minimum Gasteiger partial charge on any atom is -0.459 e. The average Bonchev–Trinajstić information content (AvgIpc) is 3.23. The molecule has 3 rings (SSSR count). The first kappa shape index (κ1) is 18.4. The molecule has 0 saturated carbocycles. The van der Waals surface area contributed by atoms with Crippen molar-refractivity contribution in [3.63, 3.8) is 0 Å². The molecule has 2 aromatic heterocycles. The van der Waals surface area contributed by atoms with E-state index in [0.717, 1.165) is 11.3 Å². The number of aromatic nitrogens is 1. The summed E-state index contributed by atoms with van der Waals surface area (Å²) in [5, 5.41) is 2.79. The second kappa shape index (κ2) is 8.31. The summed E-state index contributed by atoms with van der Waals surface area (Å²) in [6, 6.07) is 14.2. The molecule has 0 aliphatic heterocycles. The largest absolute Gasteiger partial charge is 0.459 e. The van der Waals surface area contributed by atoms with Gasteiger partial charge in [0.2, 0.25) is 0 Å². The molecule has 27 heavy (non-hydrogen) atoms. The molecule has 0 unspecified atom stereocenters. The van der Waals surface area contributed by atoms with E-state index in [1.54, 1.807) is 42.4 Å². The summed E-state index contributed by atoms with van der Waals surface area (Å²) < 4.78 is 5.10. The highest BCUT2D eigenvalue weighted by Gasteiger charge is 2.15. The van der Waals surface area contributed by atoms with Crippen LogP contribution in [0.1, 0.15) is 32.2 Å². The number of hydrogen-bond donors (Lipinski definition) is 1. The fourth-order valence-corrected chi connectivity index (χ4v) is 2.63. The molecule has 1 aromatic carbocycles. The molecule has 0 aliphatic rings. The van der Waals surface area contributed by atoms with Crippen molar-refractivity contribution >= 4 is 17.5 Å². The van der Waals surface area contributed by atoms with Gasteiger partial charge in [0.15, 0.2) is 5.76 Å². The number of furan rings is 1. The predicted molar refractivity (Wildman–Crippen MR) is 103 cm³/mol. The third-order valence-corrected chi connectivity index (χ3v) is 4.25. The van der Waals surface area contributed by atoms with Gasteiger partial charge in [0, 0.05) is 43.2 Å². The van der Waals surface area contributed by atoms with Gasteiger partial charge in [-0.3, -0.25) is 14.6 Å². The van der Waals surface area contributed by atoms with Gasteiger partial charge in [-0.05, 0) is 48.9 Å². The van der Waals surface area contributed by atoms with E-state index in [-0.39, 0.29) is 17.6 Å². The number of benzene rings is 1. The van der Waals surface area contributed by atoms with E-state index >= 15 is 0 Å². The Bertz CT molecular complexity index is 921. The minimum absolute atomic E-state index is 0.112. The van der Waals surface area contributed by atoms with Crippen molar-refractivity contribution < 1.29 is 14.0 Å². The minimum atomic E-state index is -0.351. The Balaban J connectivity index is 1.68. The van der Waals surface area contributed by atoms with Gasteiger partial charge >= 0.3 is 0 Å². The molecule has 0 atom stereocenters. The van der Waals surface area contributed by atoms with Gasteiger partial charge in [-0.15, -0.1) is 0 Å². The molecule has 0 radical (unpaired) electrons. The van der Waals surface area contributed by atoms with E-state index in [4.69, 9.17) is 4.42 Å². The molecule has 138 valence electrons. The molecule has 2 amide bonds. The average molecular weight is 363 g/mol. The zero-order valence-electron chi connectivity index (χ0n) is 15.3. The highest BCUT2D eigenvalue weighted by molar-refractivity contribution is 6.03. The fraction of sp³-hybridized carbons (Fsp3) is 0.190. The monoisotopic (exact) mass is 363 g/mol. The number of carbonyl (C=O) groups is 2. The molecule has 0 bridgehead atoms. The molecular weight excluding hydrogens is 342 g/mol. The van der Waals surface area contributed by atoms with Gasteiger partial charge in [0.25, 0.3) is 11.8 Å². The first-order chi connectivity index (χ1) is 13.0. The zero-order valence-corrected chi connectivity index (χ0v) is 15.3. The predicted octanol–water partition coefficient (Wildman–Crippen LogP) is 3.55. The van der Waals surface area contributed by atoms with Crippen LogP contribution in [0, 0.1) is 6.92 Å². The number of pyridine rings is 1. The summed E-state index contributed by atoms with van der Waals surface area (Å²) in [6.07, 6.45) is 3.86. The molecule has 2 heterocycles. The molecule has 0 aliphatic carbocycles. The fourth-order valence-electron chi connectivity index (χ4n) is 2.63. The van der Waals surface area contributed by atoms with Gasteiger partial charge in [0.05, 0.1) is 6.26 Å². The van der Waals surface area contributed by atoms with Crippen molar-refractivity contribution in [1.29, 1.82) is 0 Å². The molecular formula is C21H21N3O3. The number of likely N-dealkylation sites (N-methyl/N-ethyl adjacent to an activating group) is 1. The molecule has 3 aromatic rings. The van der Waals surface area contributed by atoms with Crippen molar-refractivity contribution in [2.24, 2.45) is 0 Å². The lowest BCUT2D eigenvalue weighted by Gasteiger charge is -2.18. The molecule has 6 nitrogen and oxygen atoms in total. The summed E-state index contributed by atoms with van der Waals surface area (Å²) >= 11 is 0. The Morgan fingerprint density at radius 2 is 2.00 bits per heavy atom. The van der Waals surface area contributed by atoms with E-state index in [0.29, 0.717) is 24.2 Å². The summed E-state index contributed by atoms with van der Waals surface area (Å²) in [5.41, 5.74) is 2.90. The van der Waals surface area contributed by atoms with Crippen LogP contribution in [0.3, 0.4) is 0 Å². The van der Waals surface area contributed by atoms with Crippen LogP contribution in [-0.2, 0) is 6.42 Å². The number of hydrogen-bond acceptors (Lipinski definition) is 4. The quantitative estimate of drug-likeness (QED) is 0.727. The van der Waals surface area contributed by atoms with Gasteiger partial charge in [-0.25, -0.2) is 0 Å². The molecule has 1 N–H and O–H groups in total. The number of nitrogens with zero attached hydrogens (tertiary/aromatic N) is 2. The number of anilines is 1. The maximum absolute atomic E-state index is 12.7. The topological polar surface area (TPSA) is 75.4 Å². The third kappa shape index (κ3) is 4.61. The van der Waals surface area contributed by atoms with E-state index in [2.05, 4.69) is 10.3 Å². The van der Waals surface area contributed by atoms with Crippen molar-refractivity contribution in [3.8, 4) is 0 Å². The van der Waals surface area contributed by atoms with E-state index in [1.165, 1.54) is 6.26 Å². The highest BCUT2D eigenvalue weighted by atomic mass is 16.3. The van der Waals surface area contributed by atoms with Gasteiger partial charge < -0.3 is 14.6 Å². The smallest absolute Gasteiger partial charge is 0.291 e. The first-order valence-corrected chi connectivity index (χ1v) is 8.65. The van der Waals surface area contributed by atoms with Crippen molar-refractivity contribution in [3.05, 3.63) is 83.6 Å². The number of carbonyl (C=O) groups excluding carboxylic acids is 2. The lowest BCUT2D eigenvalue weighted by atomic mass is 10.1. The maximum Gasteiger partial charge on any atom is 0.291 e. The van der Waals surface area contributed by atoms with E-state index < -0.39 is 0 Å². The Morgan fingerprint density at radius 3 is 2.70 bits per heavy atom. The normalized spacial score (nSPS) is 10.4. The van der Waals surface area contributed by atoms with Crippen molar-refractivity contribution in [2.75, 3.05) is 18.9 Å². The molecule has 0 spiro atoms. The van der Waals surface area contributed by atoms with Gasteiger partial charge in [0.1, 0.15) is 0 Å². The Morgan fingerprint density at radius 1 is 1.15 bits per heavy atom. The van der Waals surface area contributed by atoms with Crippen LogP contribution in [0.25, 0.3) is 0 Å². The van der Waals surface area contributed by atoms with Crippen molar-refractivity contribution in [2.45, 2.75) is 13.3 Å². The molecule has 0 saturated heterocycles. The number of nitrogens with one attached hydrogen (secondary N) is 1. The van der Waals surface area contributed by atoms with E-state index in [1.807, 2.05) is 31.2 Å². The van der Waals surface area contributed by atoms with Crippen LogP contribution in [0.5, 0.6) is 0 Å². The summed E-state index contributed by atoms with van der Waals surface area (Å²) in [7, 11) is 1.76. The SMILES string of the molecule is Cc1ccc(C(=O)N(C)CCc2ccccn2)cc1NC(=O)c1ccco1. The Hall–Kier alpha value is -3.41. The standard InChI is InChI=1S/C21H21N3O3/c1-15-8-9-16(14-18(15)23-20(25)19-7-5-13-27-19)21(26)24(2)12-10-17-6-3-4-11-22-17/h3-9,11,13-14H,10,12H2,1-2H3,(H,23,25). The Labute approximate surface area is 157 Å². The summed E-state index contributed by atoms with van der Waals surface area (Å²) in [5.74, 6) is -0.241. The number of amides is 2. The molecule has 0 fully saturated rings. The lowest BCUT2D eigenvalue weighted by Crippen LogP contribution is -2.29. The Kier molecular flexibility index (Phi) is 5.66. The number of aryl methyl sites for hydroxylation is 1. The van der Waals surface area contributed by atoms with Crippen LogP contribution >= 0.6 is 0 Å². The number of rotatable bonds is 6. The van der Waals surface area contributed by atoms with Crippen LogP contribution in [-0.4, -0.2) is 35.3 Å². The first-order valence-electron chi connectivity index (χ1n) is 8.65. The van der Waals surface area contributed by atoms with Gasteiger partial charge in [-0.1, -0.05) is 12.1 Å². The van der Waals surface area contributed by atoms with Gasteiger partial charge in [-0.2, -0.15) is 0 Å². The second-order valence-electron chi connectivity index (χ2n) is 6.26. The van der Waals surface area contributed by atoms with Crippen LogP contribution < -0.4 is 5.32 Å².